The summed E-state index contributed by atoms with van der Waals surface area (Å²) in [4.78, 5) is 15.0. The lowest BCUT2D eigenvalue weighted by molar-refractivity contribution is -0.137. The number of benzene rings is 1. The summed E-state index contributed by atoms with van der Waals surface area (Å²) in [5.41, 5.74) is 8.18. The second-order valence-corrected chi connectivity index (χ2v) is 7.90. The van der Waals surface area contributed by atoms with E-state index in [4.69, 9.17) is 5.73 Å². The Morgan fingerprint density at radius 2 is 2.06 bits per heavy atom. The van der Waals surface area contributed by atoms with Gasteiger partial charge in [0.2, 0.25) is 11.6 Å². The van der Waals surface area contributed by atoms with Crippen LogP contribution >= 0.6 is 0 Å². The molecule has 1 atom stereocenters. The molecule has 180 valence electrons. The van der Waals surface area contributed by atoms with Gasteiger partial charge in [-0.25, -0.2) is 10.1 Å². The van der Waals surface area contributed by atoms with Crippen molar-refractivity contribution in [2.24, 2.45) is 5.10 Å². The van der Waals surface area contributed by atoms with E-state index in [0.717, 1.165) is 37.9 Å². The Labute approximate surface area is 191 Å². The normalized spacial score (nSPS) is 17.4. The number of hydrogen-bond acceptors (Lipinski definition) is 9. The third-order valence-corrected chi connectivity index (χ3v) is 5.59. The lowest BCUT2D eigenvalue weighted by Crippen LogP contribution is -2.38. The Bertz CT molecular complexity index is 1170. The van der Waals surface area contributed by atoms with E-state index >= 15 is 0 Å². The highest BCUT2D eigenvalue weighted by Gasteiger charge is 2.30. The van der Waals surface area contributed by atoms with Crippen LogP contribution in [-0.4, -0.2) is 54.9 Å². The molecular weight excluding hydrogens is 455 g/mol. The standard InChI is InChI=1S/C20H22F3N9O2/c1-12-4-2-3-9-31(12)11-15-16(26-30-32(15)18-17(24)28-34-29-18)19(33)27-25-10-13-5-7-14(8-6-13)20(21,22)23/h5-8,10,12H,2-4,9,11H2,1H3,(H2,24,28)(H,27,33)/b25-10+/t12-/m0/s1. The summed E-state index contributed by atoms with van der Waals surface area (Å²) in [6.45, 7) is 3.30. The maximum atomic E-state index is 12.8. The molecule has 4 rings (SSSR count). The van der Waals surface area contributed by atoms with E-state index in [2.05, 4.69) is 47.6 Å². The Kier molecular flexibility index (Phi) is 6.58. The van der Waals surface area contributed by atoms with Gasteiger partial charge in [-0.15, -0.1) is 5.10 Å². The number of carbonyl (C=O) groups is 1. The maximum absolute atomic E-state index is 12.8. The fraction of sp³-hybridized carbons (Fsp3) is 0.400. The van der Waals surface area contributed by atoms with E-state index in [0.29, 0.717) is 23.8 Å². The Morgan fingerprint density at radius 1 is 1.29 bits per heavy atom. The van der Waals surface area contributed by atoms with Crippen molar-refractivity contribution < 1.29 is 22.6 Å². The number of hydrogen-bond donors (Lipinski definition) is 2. The van der Waals surface area contributed by atoms with Crippen LogP contribution in [0.5, 0.6) is 0 Å². The molecule has 3 aromatic rings. The summed E-state index contributed by atoms with van der Waals surface area (Å²) in [7, 11) is 0. The minimum atomic E-state index is -4.43. The lowest BCUT2D eigenvalue weighted by atomic mass is 10.0. The number of alkyl halides is 3. The number of nitrogens with zero attached hydrogens (tertiary/aromatic N) is 7. The molecule has 1 aliphatic heterocycles. The molecule has 2 aromatic heterocycles. The van der Waals surface area contributed by atoms with E-state index in [-0.39, 0.29) is 17.3 Å². The predicted octanol–water partition coefficient (Wildman–Crippen LogP) is 2.39. The molecule has 1 aromatic carbocycles. The van der Waals surface area contributed by atoms with Crippen LogP contribution in [0.4, 0.5) is 19.0 Å². The van der Waals surface area contributed by atoms with Crippen molar-refractivity contribution in [2.75, 3.05) is 12.3 Å². The second kappa shape index (κ2) is 9.59. The van der Waals surface area contributed by atoms with E-state index in [1.54, 1.807) is 0 Å². The van der Waals surface area contributed by atoms with Crippen molar-refractivity contribution in [3.05, 3.63) is 46.8 Å². The molecule has 11 nitrogen and oxygen atoms in total. The van der Waals surface area contributed by atoms with Gasteiger partial charge < -0.3 is 5.73 Å². The molecule has 1 amide bonds. The van der Waals surface area contributed by atoms with Crippen LogP contribution in [0.25, 0.3) is 5.82 Å². The number of carbonyl (C=O) groups excluding carboxylic acids is 1. The van der Waals surface area contributed by atoms with Gasteiger partial charge >= 0.3 is 6.18 Å². The first-order valence-corrected chi connectivity index (χ1v) is 10.5. The largest absolute Gasteiger partial charge is 0.416 e. The number of anilines is 1. The van der Waals surface area contributed by atoms with Gasteiger partial charge in [0.25, 0.3) is 5.91 Å². The number of nitrogen functional groups attached to an aromatic ring is 1. The van der Waals surface area contributed by atoms with Crippen molar-refractivity contribution in [3.8, 4) is 5.82 Å². The summed E-state index contributed by atoms with van der Waals surface area (Å²) >= 11 is 0. The SMILES string of the molecule is C[C@H]1CCCCN1Cc1c(C(=O)N/N=C/c2ccc(C(F)(F)F)cc2)nnn1-c1nonc1N. The first kappa shape index (κ1) is 23.4. The highest BCUT2D eigenvalue weighted by Crippen LogP contribution is 2.29. The Morgan fingerprint density at radius 3 is 2.71 bits per heavy atom. The van der Waals surface area contributed by atoms with Gasteiger partial charge in [0.05, 0.1) is 17.5 Å². The molecule has 0 unspecified atom stereocenters. The molecule has 1 fully saturated rings. The number of halogens is 3. The van der Waals surface area contributed by atoms with Crippen LogP contribution in [0.2, 0.25) is 0 Å². The molecule has 0 saturated carbocycles. The summed E-state index contributed by atoms with van der Waals surface area (Å²) in [5, 5.41) is 19.1. The van der Waals surface area contributed by atoms with Crippen LogP contribution in [0, 0.1) is 0 Å². The molecule has 34 heavy (non-hydrogen) atoms. The van der Waals surface area contributed by atoms with Crippen molar-refractivity contribution in [1.29, 1.82) is 0 Å². The molecule has 0 radical (unpaired) electrons. The zero-order valence-electron chi connectivity index (χ0n) is 18.2. The van der Waals surface area contributed by atoms with Crippen LogP contribution in [0.1, 0.15) is 53.5 Å². The highest BCUT2D eigenvalue weighted by molar-refractivity contribution is 5.94. The van der Waals surface area contributed by atoms with Gasteiger partial charge in [-0.05, 0) is 54.3 Å². The van der Waals surface area contributed by atoms with Gasteiger partial charge in [-0.3, -0.25) is 9.69 Å². The first-order valence-electron chi connectivity index (χ1n) is 10.5. The molecule has 14 heteroatoms. The summed E-state index contributed by atoms with van der Waals surface area (Å²) in [5.74, 6) is -0.548. The Hall–Kier alpha value is -3.81. The van der Waals surface area contributed by atoms with Crippen molar-refractivity contribution in [2.45, 2.75) is 44.9 Å². The van der Waals surface area contributed by atoms with Crippen molar-refractivity contribution in [1.82, 2.24) is 35.6 Å². The number of aromatic nitrogens is 5. The number of amides is 1. The lowest BCUT2D eigenvalue weighted by Gasteiger charge is -2.33. The number of nitrogens with two attached hydrogens (primary N) is 1. The van der Waals surface area contributed by atoms with Gasteiger partial charge in [0, 0.05) is 12.6 Å². The van der Waals surface area contributed by atoms with E-state index < -0.39 is 17.6 Å². The van der Waals surface area contributed by atoms with Crippen LogP contribution in [0.3, 0.4) is 0 Å². The topological polar surface area (TPSA) is 140 Å². The average Bonchev–Trinajstić information content (AvgIpc) is 3.40. The van der Waals surface area contributed by atoms with Crippen LogP contribution in [-0.2, 0) is 12.7 Å². The zero-order valence-corrected chi connectivity index (χ0v) is 18.2. The number of nitrogens with one attached hydrogen (secondary N) is 1. The molecule has 0 spiro atoms. The first-order chi connectivity index (χ1) is 16.2. The third kappa shape index (κ3) is 5.06. The van der Waals surface area contributed by atoms with Gasteiger partial charge in [-0.1, -0.05) is 23.8 Å². The van der Waals surface area contributed by atoms with Crippen LogP contribution < -0.4 is 11.2 Å². The predicted molar refractivity (Wildman–Crippen MR) is 114 cm³/mol. The molecular formula is C20H22F3N9O2. The fourth-order valence-corrected chi connectivity index (χ4v) is 3.69. The molecule has 3 N–H and O–H groups in total. The van der Waals surface area contributed by atoms with E-state index in [1.807, 2.05) is 0 Å². The Balaban J connectivity index is 1.54. The van der Waals surface area contributed by atoms with E-state index in [9.17, 15) is 18.0 Å². The number of piperidine rings is 1. The smallest absolute Gasteiger partial charge is 0.378 e. The summed E-state index contributed by atoms with van der Waals surface area (Å²) in [6, 6.07) is 4.65. The second-order valence-electron chi connectivity index (χ2n) is 7.90. The zero-order chi connectivity index (χ0) is 24.3. The molecule has 3 heterocycles. The van der Waals surface area contributed by atoms with Gasteiger partial charge in [-0.2, -0.15) is 23.0 Å². The average molecular weight is 477 g/mol. The minimum Gasteiger partial charge on any atom is -0.378 e. The molecule has 1 aliphatic rings. The van der Waals surface area contributed by atoms with Crippen molar-refractivity contribution in [3.63, 3.8) is 0 Å². The van der Waals surface area contributed by atoms with Gasteiger partial charge in [0.1, 0.15) is 0 Å². The number of rotatable bonds is 6. The summed E-state index contributed by atoms with van der Waals surface area (Å²) in [6.07, 6.45) is -0.0247. The van der Waals surface area contributed by atoms with E-state index in [1.165, 1.54) is 23.0 Å². The minimum absolute atomic E-state index is 0.00439. The monoisotopic (exact) mass is 477 g/mol. The third-order valence-electron chi connectivity index (χ3n) is 5.59. The maximum Gasteiger partial charge on any atom is 0.416 e. The van der Waals surface area contributed by atoms with Crippen molar-refractivity contribution >= 4 is 17.9 Å². The van der Waals surface area contributed by atoms with Crippen LogP contribution in [0.15, 0.2) is 34.0 Å². The molecule has 1 saturated heterocycles. The fourth-order valence-electron chi connectivity index (χ4n) is 3.69. The van der Waals surface area contributed by atoms with Gasteiger partial charge in [0.15, 0.2) is 5.69 Å². The number of hydrazone groups is 1. The summed E-state index contributed by atoms with van der Waals surface area (Å²) < 4.78 is 44.0. The molecule has 0 bridgehead atoms. The highest BCUT2D eigenvalue weighted by atomic mass is 19.4. The number of likely N-dealkylation sites (tertiary alicyclic amines) is 1. The molecule has 0 aliphatic carbocycles. The quantitative estimate of drug-likeness (QED) is 0.407.